The molecule has 0 aliphatic rings. The van der Waals surface area contributed by atoms with Gasteiger partial charge < -0.3 is 10.6 Å². The van der Waals surface area contributed by atoms with Crippen LogP contribution in [0.15, 0.2) is 12.1 Å². The lowest BCUT2D eigenvalue weighted by Crippen LogP contribution is -2.21. The number of hydrogen-bond donors (Lipinski definition) is 2. The van der Waals surface area contributed by atoms with Crippen molar-refractivity contribution in [3.05, 3.63) is 23.4 Å². The van der Waals surface area contributed by atoms with Gasteiger partial charge in [-0.1, -0.05) is 0 Å². The van der Waals surface area contributed by atoms with E-state index >= 15 is 0 Å². The van der Waals surface area contributed by atoms with Gasteiger partial charge in [-0.15, -0.1) is 0 Å². The third-order valence-electron chi connectivity index (χ3n) is 2.08. The molecule has 0 saturated carbocycles. The Hall–Kier alpha value is -2.09. The Morgan fingerprint density at radius 1 is 1.56 bits per heavy atom. The molecule has 5 nitrogen and oxygen atoms in total. The Morgan fingerprint density at radius 2 is 2.31 bits per heavy atom. The lowest BCUT2D eigenvalue weighted by molar-refractivity contribution is -0.120. The van der Waals surface area contributed by atoms with Crippen molar-refractivity contribution in [2.45, 2.75) is 13.3 Å². The van der Waals surface area contributed by atoms with Gasteiger partial charge in [0.1, 0.15) is 11.9 Å². The minimum Gasteiger partial charge on any atom is -0.368 e. The summed E-state index contributed by atoms with van der Waals surface area (Å²) >= 11 is 0. The van der Waals surface area contributed by atoms with Gasteiger partial charge in [-0.25, -0.2) is 4.98 Å². The number of nitrogens with one attached hydrogen (secondary N) is 2. The van der Waals surface area contributed by atoms with E-state index in [2.05, 4.69) is 15.6 Å². The summed E-state index contributed by atoms with van der Waals surface area (Å²) in [5.74, 6) is 0.491. The van der Waals surface area contributed by atoms with Crippen LogP contribution in [0.2, 0.25) is 0 Å². The van der Waals surface area contributed by atoms with Gasteiger partial charge in [0.15, 0.2) is 0 Å². The summed E-state index contributed by atoms with van der Waals surface area (Å²) in [4.78, 5) is 15.2. The van der Waals surface area contributed by atoms with Crippen molar-refractivity contribution in [3.63, 3.8) is 0 Å². The van der Waals surface area contributed by atoms with E-state index in [9.17, 15) is 4.79 Å². The summed E-state index contributed by atoms with van der Waals surface area (Å²) in [6.45, 7) is 2.32. The van der Waals surface area contributed by atoms with Crippen LogP contribution in [-0.4, -0.2) is 24.5 Å². The highest BCUT2D eigenvalue weighted by Gasteiger charge is 2.04. The molecule has 1 amide bonds. The Labute approximate surface area is 94.5 Å². The topological polar surface area (TPSA) is 77.8 Å². The van der Waals surface area contributed by atoms with Gasteiger partial charge in [-0.05, 0) is 19.1 Å². The molecular formula is C11H14N4O. The number of aromatic nitrogens is 1. The fraction of sp³-hybridized carbons (Fsp3) is 0.364. The summed E-state index contributed by atoms with van der Waals surface area (Å²) in [5, 5.41) is 14.4. The lowest BCUT2D eigenvalue weighted by Gasteiger charge is -2.07. The molecule has 1 heterocycles. The van der Waals surface area contributed by atoms with Gasteiger partial charge in [0.05, 0.1) is 5.56 Å². The number of rotatable bonds is 4. The molecule has 0 unspecified atom stereocenters. The molecule has 0 bridgehead atoms. The second-order valence-electron chi connectivity index (χ2n) is 3.31. The highest BCUT2D eigenvalue weighted by molar-refractivity contribution is 5.76. The molecule has 0 atom stereocenters. The van der Waals surface area contributed by atoms with Crippen molar-refractivity contribution in [3.8, 4) is 6.07 Å². The summed E-state index contributed by atoms with van der Waals surface area (Å²) in [5.41, 5.74) is 1.32. The fourth-order valence-electron chi connectivity index (χ4n) is 1.20. The Bertz CT molecular complexity index is 422. The first-order valence-electron chi connectivity index (χ1n) is 4.99. The van der Waals surface area contributed by atoms with Crippen molar-refractivity contribution >= 4 is 11.7 Å². The predicted octanol–water partition coefficient (Wildman–Crippen LogP) is 0.810. The zero-order valence-corrected chi connectivity index (χ0v) is 9.37. The largest absolute Gasteiger partial charge is 0.368 e. The van der Waals surface area contributed by atoms with Crippen LogP contribution in [0.5, 0.6) is 0 Å². The molecule has 1 rings (SSSR count). The van der Waals surface area contributed by atoms with Gasteiger partial charge in [0.25, 0.3) is 0 Å². The quantitative estimate of drug-likeness (QED) is 0.784. The van der Waals surface area contributed by atoms with E-state index in [-0.39, 0.29) is 5.91 Å². The van der Waals surface area contributed by atoms with Gasteiger partial charge in [0, 0.05) is 25.7 Å². The maximum absolute atomic E-state index is 11.0. The van der Waals surface area contributed by atoms with E-state index in [0.717, 1.165) is 5.69 Å². The second-order valence-corrected chi connectivity index (χ2v) is 3.31. The minimum absolute atomic E-state index is 0.0429. The summed E-state index contributed by atoms with van der Waals surface area (Å²) in [7, 11) is 1.59. The van der Waals surface area contributed by atoms with Crippen LogP contribution in [0, 0.1) is 18.3 Å². The Kier molecular flexibility index (Phi) is 4.28. The SMILES string of the molecule is CNC(=O)CCNc1nc(C)ccc1C#N. The monoisotopic (exact) mass is 218 g/mol. The Balaban J connectivity index is 2.63. The molecule has 0 aromatic carbocycles. The normalized spacial score (nSPS) is 9.31. The molecule has 0 radical (unpaired) electrons. The lowest BCUT2D eigenvalue weighted by atomic mass is 10.2. The van der Waals surface area contributed by atoms with Crippen LogP contribution in [0.1, 0.15) is 17.7 Å². The van der Waals surface area contributed by atoms with Crippen LogP contribution < -0.4 is 10.6 Å². The van der Waals surface area contributed by atoms with Crippen LogP contribution in [0.25, 0.3) is 0 Å². The molecule has 0 fully saturated rings. The number of hydrogen-bond acceptors (Lipinski definition) is 4. The molecule has 16 heavy (non-hydrogen) atoms. The Morgan fingerprint density at radius 3 is 2.94 bits per heavy atom. The van der Waals surface area contributed by atoms with E-state index in [0.29, 0.717) is 24.3 Å². The van der Waals surface area contributed by atoms with Crippen LogP contribution in [-0.2, 0) is 4.79 Å². The number of nitriles is 1. The molecule has 1 aromatic rings. The molecule has 0 aliphatic heterocycles. The van der Waals surface area contributed by atoms with Crippen LogP contribution in [0.4, 0.5) is 5.82 Å². The number of carbonyl (C=O) groups excluding carboxylic acids is 1. The zero-order valence-electron chi connectivity index (χ0n) is 9.37. The van der Waals surface area contributed by atoms with Gasteiger partial charge >= 0.3 is 0 Å². The molecule has 0 saturated heterocycles. The van der Waals surface area contributed by atoms with Crippen LogP contribution in [0.3, 0.4) is 0 Å². The standard InChI is InChI=1S/C11H14N4O/c1-8-3-4-9(7-12)11(15-8)14-6-5-10(16)13-2/h3-4H,5-6H2,1-2H3,(H,13,16)(H,14,15). The molecule has 2 N–H and O–H groups in total. The summed E-state index contributed by atoms with van der Waals surface area (Å²) < 4.78 is 0. The highest BCUT2D eigenvalue weighted by Crippen LogP contribution is 2.11. The number of pyridine rings is 1. The number of aryl methyl sites for hydroxylation is 1. The molecule has 84 valence electrons. The van der Waals surface area contributed by atoms with Crippen molar-refractivity contribution in [2.24, 2.45) is 0 Å². The maximum Gasteiger partial charge on any atom is 0.221 e. The van der Waals surface area contributed by atoms with E-state index in [1.165, 1.54) is 0 Å². The number of carbonyl (C=O) groups is 1. The number of anilines is 1. The molecule has 5 heteroatoms. The zero-order chi connectivity index (χ0) is 12.0. The third-order valence-corrected chi connectivity index (χ3v) is 2.08. The number of amides is 1. The van der Waals surface area contributed by atoms with Crippen LogP contribution >= 0.6 is 0 Å². The first kappa shape index (κ1) is 12.0. The molecule has 0 spiro atoms. The third kappa shape index (κ3) is 3.24. The van der Waals surface area contributed by atoms with Crippen molar-refractivity contribution < 1.29 is 4.79 Å². The van der Waals surface area contributed by atoms with Crippen molar-refractivity contribution in [1.29, 1.82) is 5.26 Å². The molecular weight excluding hydrogens is 204 g/mol. The van der Waals surface area contributed by atoms with Gasteiger partial charge in [-0.3, -0.25) is 4.79 Å². The average molecular weight is 218 g/mol. The smallest absolute Gasteiger partial charge is 0.221 e. The minimum atomic E-state index is -0.0429. The first-order valence-corrected chi connectivity index (χ1v) is 4.99. The maximum atomic E-state index is 11.0. The summed E-state index contributed by atoms with van der Waals surface area (Å²) in [6, 6.07) is 5.54. The average Bonchev–Trinajstić information content (AvgIpc) is 2.29. The van der Waals surface area contributed by atoms with E-state index in [1.54, 1.807) is 19.2 Å². The predicted molar refractivity (Wildman–Crippen MR) is 60.9 cm³/mol. The van der Waals surface area contributed by atoms with Crippen molar-refractivity contribution in [2.75, 3.05) is 18.9 Å². The van der Waals surface area contributed by atoms with Gasteiger partial charge in [-0.2, -0.15) is 5.26 Å². The highest BCUT2D eigenvalue weighted by atomic mass is 16.1. The summed E-state index contributed by atoms with van der Waals surface area (Å²) in [6.07, 6.45) is 0.358. The van der Waals surface area contributed by atoms with E-state index in [1.807, 2.05) is 13.0 Å². The van der Waals surface area contributed by atoms with Crippen molar-refractivity contribution in [1.82, 2.24) is 10.3 Å². The fourth-order valence-corrected chi connectivity index (χ4v) is 1.20. The first-order chi connectivity index (χ1) is 7.67. The van der Waals surface area contributed by atoms with E-state index in [4.69, 9.17) is 5.26 Å². The second kappa shape index (κ2) is 5.71. The molecule has 1 aromatic heterocycles. The van der Waals surface area contributed by atoms with E-state index < -0.39 is 0 Å². The molecule has 0 aliphatic carbocycles. The number of nitrogens with zero attached hydrogens (tertiary/aromatic N) is 2. The van der Waals surface area contributed by atoms with Gasteiger partial charge in [0.2, 0.25) is 5.91 Å².